The van der Waals surface area contributed by atoms with E-state index in [2.05, 4.69) is 65.2 Å². The van der Waals surface area contributed by atoms with Crippen LogP contribution in [0.25, 0.3) is 10.8 Å². The lowest BCUT2D eigenvalue weighted by molar-refractivity contribution is -0.133. The largest absolute Gasteiger partial charge is 0.495 e. The van der Waals surface area contributed by atoms with Crippen molar-refractivity contribution in [3.05, 3.63) is 65.7 Å². The minimum Gasteiger partial charge on any atom is -0.495 e. The molecule has 10 nitrogen and oxygen atoms in total. The van der Waals surface area contributed by atoms with E-state index in [1.807, 2.05) is 23.1 Å². The number of methoxy groups -OCH3 is 1. The molecule has 4 saturated heterocycles. The van der Waals surface area contributed by atoms with E-state index in [0.29, 0.717) is 50.8 Å². The first kappa shape index (κ1) is 28.9. The Kier molecular flexibility index (Phi) is 7.39. The number of nitrogens with zero attached hydrogens (tertiary/aromatic N) is 5. The molecule has 0 bridgehead atoms. The number of hydrogen-bond donors (Lipinski definition) is 1. The van der Waals surface area contributed by atoms with Crippen LogP contribution in [0.5, 0.6) is 5.75 Å². The maximum Gasteiger partial charge on any atom is 0.328 e. The van der Waals surface area contributed by atoms with Crippen LogP contribution in [0.2, 0.25) is 0 Å². The monoisotopic (exact) mass is 598 g/mol. The van der Waals surface area contributed by atoms with E-state index >= 15 is 0 Å². The molecule has 0 aromatic heterocycles. The maximum atomic E-state index is 14.5. The molecule has 4 heterocycles. The number of nitrogen functional groups attached to an aromatic ring is 1. The minimum absolute atomic E-state index is 0.0280. The van der Waals surface area contributed by atoms with Gasteiger partial charge in [0.1, 0.15) is 11.3 Å². The fraction of sp³-hybridized carbons (Fsp3) is 0.471. The summed E-state index contributed by atoms with van der Waals surface area (Å²) in [4.78, 5) is 39.2. The highest BCUT2D eigenvalue weighted by Gasteiger charge is 2.70. The van der Waals surface area contributed by atoms with Crippen molar-refractivity contribution in [1.82, 2.24) is 19.6 Å². The summed E-state index contributed by atoms with van der Waals surface area (Å²) >= 11 is 0. The molecule has 2 N–H and O–H groups in total. The van der Waals surface area contributed by atoms with E-state index in [-0.39, 0.29) is 23.9 Å². The summed E-state index contributed by atoms with van der Waals surface area (Å²) in [6, 6.07) is 18.3. The van der Waals surface area contributed by atoms with E-state index in [1.54, 1.807) is 12.0 Å². The first-order valence-electron chi connectivity index (χ1n) is 15.6. The average molecular weight is 599 g/mol. The number of anilines is 2. The van der Waals surface area contributed by atoms with E-state index in [1.165, 1.54) is 0 Å². The Hall–Kier alpha value is -3.86. The van der Waals surface area contributed by atoms with E-state index < -0.39 is 5.54 Å². The molecule has 232 valence electrons. The molecule has 4 aliphatic rings. The van der Waals surface area contributed by atoms with Crippen molar-refractivity contribution in [1.29, 1.82) is 0 Å². The molecule has 3 amide bonds. The van der Waals surface area contributed by atoms with Gasteiger partial charge in [-0.3, -0.25) is 19.5 Å². The number of carbonyl (C=O) groups is 2. The van der Waals surface area contributed by atoms with Crippen molar-refractivity contribution in [2.75, 3.05) is 84.3 Å². The van der Waals surface area contributed by atoms with Crippen molar-refractivity contribution in [2.45, 2.75) is 24.5 Å². The van der Waals surface area contributed by atoms with Gasteiger partial charge in [-0.1, -0.05) is 36.4 Å². The molecule has 4 fully saturated rings. The summed E-state index contributed by atoms with van der Waals surface area (Å²) in [5.74, 6) is 0.633. The Balaban J connectivity index is 1.23. The molecule has 7 rings (SSSR count). The van der Waals surface area contributed by atoms with Crippen LogP contribution in [-0.4, -0.2) is 111 Å². The molecule has 3 aromatic rings. The van der Waals surface area contributed by atoms with Gasteiger partial charge < -0.3 is 25.0 Å². The molecule has 1 spiro atoms. The number of ether oxygens (including phenoxy) is 2. The Bertz CT molecular complexity index is 1590. The number of imide groups is 1. The SMILES string of the molecule is COc1ccc(CN2C[C@H]3CC(c4ccc(N(C)C)c5ccccc45)N4C(=O)N(CCN5CCOCC5)C(=O)[C@@]34C2)cc1N. The molecule has 4 aliphatic heterocycles. The maximum absolute atomic E-state index is 14.5. The van der Waals surface area contributed by atoms with Gasteiger partial charge in [0.15, 0.2) is 0 Å². The van der Waals surface area contributed by atoms with Crippen LogP contribution in [0.4, 0.5) is 16.2 Å². The number of morpholine rings is 1. The van der Waals surface area contributed by atoms with Gasteiger partial charge in [-0.2, -0.15) is 0 Å². The molecule has 0 saturated carbocycles. The van der Waals surface area contributed by atoms with Crippen molar-refractivity contribution >= 4 is 34.1 Å². The predicted molar refractivity (Wildman–Crippen MR) is 171 cm³/mol. The van der Waals surface area contributed by atoms with Crippen LogP contribution in [0.3, 0.4) is 0 Å². The molecule has 44 heavy (non-hydrogen) atoms. The number of nitrogens with two attached hydrogens (primary N) is 1. The van der Waals surface area contributed by atoms with Gasteiger partial charge in [-0.15, -0.1) is 0 Å². The van der Waals surface area contributed by atoms with Gasteiger partial charge in [0, 0.05) is 76.9 Å². The Morgan fingerprint density at radius 3 is 2.50 bits per heavy atom. The number of fused-ring (bicyclic) bond motifs is 1. The van der Waals surface area contributed by atoms with E-state index in [4.69, 9.17) is 15.2 Å². The Labute approximate surface area is 258 Å². The lowest BCUT2D eigenvalue weighted by Gasteiger charge is -2.32. The topological polar surface area (TPSA) is 94.8 Å². The van der Waals surface area contributed by atoms with Gasteiger partial charge in [-0.05, 0) is 41.1 Å². The van der Waals surface area contributed by atoms with Gasteiger partial charge in [-0.25, -0.2) is 4.79 Å². The second-order valence-electron chi connectivity index (χ2n) is 12.8. The van der Waals surface area contributed by atoms with Gasteiger partial charge >= 0.3 is 6.03 Å². The molecule has 0 aliphatic carbocycles. The van der Waals surface area contributed by atoms with Crippen molar-refractivity contribution in [3.63, 3.8) is 0 Å². The zero-order valence-corrected chi connectivity index (χ0v) is 25.9. The molecular formula is C34H42N6O4. The van der Waals surface area contributed by atoms with Gasteiger partial charge in [0.25, 0.3) is 5.91 Å². The number of rotatable bonds is 8. The Morgan fingerprint density at radius 1 is 1.00 bits per heavy atom. The number of carbonyl (C=O) groups excluding carboxylic acids is 2. The summed E-state index contributed by atoms with van der Waals surface area (Å²) in [6.45, 7) is 5.96. The average Bonchev–Trinajstić information content (AvgIpc) is 3.60. The highest BCUT2D eigenvalue weighted by Crippen LogP contribution is 2.56. The van der Waals surface area contributed by atoms with Crippen molar-refractivity contribution < 1.29 is 19.1 Å². The molecular weight excluding hydrogens is 556 g/mol. The summed E-state index contributed by atoms with van der Waals surface area (Å²) in [5.41, 5.74) is 9.25. The van der Waals surface area contributed by atoms with Crippen LogP contribution < -0.4 is 15.4 Å². The van der Waals surface area contributed by atoms with Gasteiger partial charge in [0.2, 0.25) is 0 Å². The number of amides is 3. The molecule has 1 unspecified atom stereocenters. The predicted octanol–water partition coefficient (Wildman–Crippen LogP) is 3.41. The third kappa shape index (κ3) is 4.58. The summed E-state index contributed by atoms with van der Waals surface area (Å²) < 4.78 is 10.9. The first-order valence-corrected chi connectivity index (χ1v) is 15.6. The second-order valence-corrected chi connectivity index (χ2v) is 12.8. The molecule has 0 radical (unpaired) electrons. The lowest BCUT2D eigenvalue weighted by atomic mass is 9.87. The summed E-state index contributed by atoms with van der Waals surface area (Å²) in [6.07, 6.45) is 0.751. The van der Waals surface area contributed by atoms with Crippen molar-refractivity contribution in [2.24, 2.45) is 5.92 Å². The zero-order chi connectivity index (χ0) is 30.6. The molecule has 3 aromatic carbocycles. The quantitative estimate of drug-likeness (QED) is 0.312. The highest BCUT2D eigenvalue weighted by molar-refractivity contribution is 6.09. The fourth-order valence-electron chi connectivity index (χ4n) is 8.07. The fourth-order valence-corrected chi connectivity index (χ4v) is 8.07. The Morgan fingerprint density at radius 2 is 1.77 bits per heavy atom. The smallest absolute Gasteiger partial charge is 0.328 e. The highest BCUT2D eigenvalue weighted by atomic mass is 16.5. The van der Waals surface area contributed by atoms with Crippen molar-refractivity contribution in [3.8, 4) is 5.75 Å². The number of benzene rings is 3. The van der Waals surface area contributed by atoms with Gasteiger partial charge in [0.05, 0.1) is 32.1 Å². The molecule has 3 atom stereocenters. The van der Waals surface area contributed by atoms with Crippen LogP contribution in [0, 0.1) is 5.92 Å². The van der Waals surface area contributed by atoms with Crippen LogP contribution in [-0.2, 0) is 16.1 Å². The zero-order valence-electron chi connectivity index (χ0n) is 25.9. The van der Waals surface area contributed by atoms with Crippen LogP contribution in [0.15, 0.2) is 54.6 Å². The third-order valence-electron chi connectivity index (χ3n) is 10.1. The number of hydrogen-bond acceptors (Lipinski definition) is 8. The van der Waals surface area contributed by atoms with Crippen LogP contribution >= 0.6 is 0 Å². The summed E-state index contributed by atoms with van der Waals surface area (Å²) in [5, 5.41) is 2.29. The van der Waals surface area contributed by atoms with E-state index in [0.717, 1.165) is 53.6 Å². The second kappa shape index (κ2) is 11.3. The summed E-state index contributed by atoms with van der Waals surface area (Å²) in [7, 11) is 5.72. The van der Waals surface area contributed by atoms with E-state index in [9.17, 15) is 9.59 Å². The minimum atomic E-state index is -0.883. The third-order valence-corrected chi connectivity index (χ3v) is 10.1. The lowest BCUT2D eigenvalue weighted by Crippen LogP contribution is -2.51. The first-order chi connectivity index (χ1) is 21.3. The normalized spacial score (nSPS) is 25.6. The number of likely N-dealkylation sites (tertiary alicyclic amines) is 1. The molecule has 10 heteroatoms. The number of urea groups is 1. The van der Waals surface area contributed by atoms with Crippen LogP contribution in [0.1, 0.15) is 23.6 Å². The standard InChI is InChI=1S/C34H42N6O4/c1-36(2)29-10-9-27(25-6-4-5-7-26(25)29)30-19-24-21-38(20-23-8-11-31(43-3)28(35)18-23)22-34(24)32(41)39(33(42)40(30)34)13-12-37-14-16-44-17-15-37/h4-11,18,24,30H,12-17,19-22,35H2,1-3H3/t24-,30?,34-/m1/s1.